The summed E-state index contributed by atoms with van der Waals surface area (Å²) in [5, 5.41) is 16.0. The average molecular weight is 378 g/mol. The van der Waals surface area contributed by atoms with Gasteiger partial charge in [-0.3, -0.25) is 0 Å². The zero-order valence-corrected chi connectivity index (χ0v) is 14.1. The Hall–Kier alpha value is -0.400. The van der Waals surface area contributed by atoms with Gasteiger partial charge in [-0.25, -0.2) is 0 Å². The zero-order chi connectivity index (χ0) is 13.9. The Kier molecular flexibility index (Phi) is 5.36. The molecule has 100 valence electrons. The van der Waals surface area contributed by atoms with Gasteiger partial charge in [0, 0.05) is 9.26 Å². The molecule has 1 aromatic rings. The third kappa shape index (κ3) is 4.37. The minimum absolute atomic E-state index is 0.0273. The van der Waals surface area contributed by atoms with E-state index in [9.17, 15) is 5.11 Å². The van der Waals surface area contributed by atoms with Crippen LogP contribution in [0.1, 0.15) is 25.0 Å². The molecular formula is C13H19IN2OS. The molecular weight excluding hydrogens is 359 g/mol. The lowest BCUT2D eigenvalue weighted by Crippen LogP contribution is -2.48. The van der Waals surface area contributed by atoms with Crippen LogP contribution in [-0.2, 0) is 0 Å². The molecule has 0 unspecified atom stereocenters. The van der Waals surface area contributed by atoms with Gasteiger partial charge in [-0.1, -0.05) is 0 Å². The lowest BCUT2D eigenvalue weighted by Gasteiger charge is -2.26. The van der Waals surface area contributed by atoms with Crippen molar-refractivity contribution in [2.75, 3.05) is 11.9 Å². The van der Waals surface area contributed by atoms with Crippen LogP contribution in [-0.4, -0.2) is 22.4 Å². The molecule has 0 amide bonds. The van der Waals surface area contributed by atoms with Crippen LogP contribution in [0.2, 0.25) is 0 Å². The summed E-state index contributed by atoms with van der Waals surface area (Å²) < 4.78 is 1.21. The van der Waals surface area contributed by atoms with Crippen LogP contribution >= 0.6 is 34.8 Å². The summed E-state index contributed by atoms with van der Waals surface area (Å²) >= 11 is 7.57. The normalized spacial score (nSPS) is 11.2. The van der Waals surface area contributed by atoms with Gasteiger partial charge in [0.15, 0.2) is 5.11 Å². The van der Waals surface area contributed by atoms with Gasteiger partial charge >= 0.3 is 0 Å². The average Bonchev–Trinajstić information content (AvgIpc) is 2.22. The van der Waals surface area contributed by atoms with Gasteiger partial charge in [-0.2, -0.15) is 0 Å². The van der Waals surface area contributed by atoms with Crippen molar-refractivity contribution in [3.63, 3.8) is 0 Å². The van der Waals surface area contributed by atoms with Gasteiger partial charge in [-0.15, -0.1) is 0 Å². The van der Waals surface area contributed by atoms with Crippen molar-refractivity contribution in [2.24, 2.45) is 0 Å². The molecule has 0 fully saturated rings. The largest absolute Gasteiger partial charge is 0.394 e. The van der Waals surface area contributed by atoms with E-state index in [-0.39, 0.29) is 6.61 Å². The van der Waals surface area contributed by atoms with E-state index in [0.29, 0.717) is 5.11 Å². The Morgan fingerprint density at radius 2 is 1.83 bits per heavy atom. The molecule has 1 rings (SSSR count). The highest BCUT2D eigenvalue weighted by Gasteiger charge is 2.17. The molecule has 0 aliphatic heterocycles. The highest BCUT2D eigenvalue weighted by molar-refractivity contribution is 14.1. The molecule has 0 aromatic heterocycles. The molecule has 3 nitrogen and oxygen atoms in total. The Morgan fingerprint density at radius 1 is 1.33 bits per heavy atom. The number of aliphatic hydroxyl groups is 1. The fourth-order valence-corrected chi connectivity index (χ4v) is 2.91. The van der Waals surface area contributed by atoms with Crippen LogP contribution < -0.4 is 10.6 Å². The second-order valence-electron chi connectivity index (χ2n) is 5.04. The number of nitrogens with one attached hydrogen (secondary N) is 2. The second-order valence-corrected chi connectivity index (χ2v) is 6.69. The van der Waals surface area contributed by atoms with Crippen molar-refractivity contribution in [2.45, 2.75) is 33.2 Å². The summed E-state index contributed by atoms with van der Waals surface area (Å²) in [6, 6.07) is 4.21. The van der Waals surface area contributed by atoms with Gasteiger partial charge < -0.3 is 15.7 Å². The standard InChI is InChI=1S/C13H19IN2OS/c1-8-5-10(14)6-9(2)11(8)15-12(18)16-13(3,4)7-17/h5-6,17H,7H2,1-4H3,(H2,15,16,18). The quantitative estimate of drug-likeness (QED) is 0.559. The molecule has 0 heterocycles. The molecule has 0 radical (unpaired) electrons. The first-order valence-corrected chi connectivity index (χ1v) is 7.20. The fourth-order valence-electron chi connectivity index (χ4n) is 1.60. The number of thiocarbonyl (C=S) groups is 1. The van der Waals surface area contributed by atoms with Crippen LogP contribution in [0.4, 0.5) is 5.69 Å². The van der Waals surface area contributed by atoms with Gasteiger partial charge in [0.2, 0.25) is 0 Å². The number of aryl methyl sites for hydroxylation is 2. The highest BCUT2D eigenvalue weighted by Crippen LogP contribution is 2.23. The van der Waals surface area contributed by atoms with Crippen molar-refractivity contribution in [1.82, 2.24) is 5.32 Å². The molecule has 18 heavy (non-hydrogen) atoms. The van der Waals surface area contributed by atoms with E-state index in [1.807, 2.05) is 13.8 Å². The van der Waals surface area contributed by atoms with Gasteiger partial charge in [-0.05, 0) is 85.8 Å². The van der Waals surface area contributed by atoms with Crippen molar-refractivity contribution >= 4 is 45.6 Å². The maximum absolute atomic E-state index is 9.20. The molecule has 5 heteroatoms. The number of halogens is 1. The summed E-state index contributed by atoms with van der Waals surface area (Å²) in [7, 11) is 0. The molecule has 0 bridgehead atoms. The fraction of sp³-hybridized carbons (Fsp3) is 0.462. The lowest BCUT2D eigenvalue weighted by atomic mass is 10.1. The maximum atomic E-state index is 9.20. The predicted octanol–water partition coefficient (Wildman–Crippen LogP) is 2.97. The van der Waals surface area contributed by atoms with Crippen molar-refractivity contribution in [3.8, 4) is 0 Å². The van der Waals surface area contributed by atoms with E-state index in [1.54, 1.807) is 0 Å². The second kappa shape index (κ2) is 6.16. The van der Waals surface area contributed by atoms with Crippen LogP contribution in [0.25, 0.3) is 0 Å². The summed E-state index contributed by atoms with van der Waals surface area (Å²) in [4.78, 5) is 0. The van der Waals surface area contributed by atoms with E-state index in [2.05, 4.69) is 59.2 Å². The topological polar surface area (TPSA) is 44.3 Å². The minimum atomic E-state index is -0.422. The first-order valence-electron chi connectivity index (χ1n) is 5.72. The number of anilines is 1. The Bertz CT molecular complexity index is 437. The molecule has 0 spiro atoms. The smallest absolute Gasteiger partial charge is 0.171 e. The number of benzene rings is 1. The van der Waals surface area contributed by atoms with Gasteiger partial charge in [0.05, 0.1) is 12.1 Å². The van der Waals surface area contributed by atoms with Crippen LogP contribution in [0, 0.1) is 17.4 Å². The SMILES string of the molecule is Cc1cc(I)cc(C)c1NC(=S)NC(C)(C)CO. The molecule has 0 saturated heterocycles. The summed E-state index contributed by atoms with van der Waals surface area (Å²) in [6.07, 6.45) is 0. The minimum Gasteiger partial charge on any atom is -0.394 e. The van der Waals surface area contributed by atoms with E-state index in [4.69, 9.17) is 12.2 Å². The Balaban J connectivity index is 2.83. The monoisotopic (exact) mass is 378 g/mol. The number of hydrogen-bond donors (Lipinski definition) is 3. The molecule has 1 aromatic carbocycles. The van der Waals surface area contributed by atoms with E-state index in [0.717, 1.165) is 16.8 Å². The summed E-state index contributed by atoms with van der Waals surface area (Å²) in [5.74, 6) is 0. The van der Waals surface area contributed by atoms with Gasteiger partial charge in [0.1, 0.15) is 0 Å². The van der Waals surface area contributed by atoms with Gasteiger partial charge in [0.25, 0.3) is 0 Å². The van der Waals surface area contributed by atoms with Crippen molar-refractivity contribution in [1.29, 1.82) is 0 Å². The lowest BCUT2D eigenvalue weighted by molar-refractivity contribution is 0.207. The van der Waals surface area contributed by atoms with E-state index >= 15 is 0 Å². The molecule has 0 saturated carbocycles. The zero-order valence-electron chi connectivity index (χ0n) is 11.1. The highest BCUT2D eigenvalue weighted by atomic mass is 127. The summed E-state index contributed by atoms with van der Waals surface area (Å²) in [6.45, 7) is 7.93. The first kappa shape index (κ1) is 15.7. The van der Waals surface area contributed by atoms with Crippen LogP contribution in [0.15, 0.2) is 12.1 Å². The number of hydrogen-bond acceptors (Lipinski definition) is 2. The predicted molar refractivity (Wildman–Crippen MR) is 89.2 cm³/mol. The first-order chi connectivity index (χ1) is 8.25. The maximum Gasteiger partial charge on any atom is 0.171 e. The third-order valence-electron chi connectivity index (χ3n) is 2.58. The third-order valence-corrected chi connectivity index (χ3v) is 3.41. The Labute approximate surface area is 128 Å². The number of aliphatic hydroxyl groups excluding tert-OH is 1. The Morgan fingerprint density at radius 3 is 2.28 bits per heavy atom. The summed E-state index contributed by atoms with van der Waals surface area (Å²) in [5.41, 5.74) is 2.92. The van der Waals surface area contributed by atoms with E-state index < -0.39 is 5.54 Å². The molecule has 3 N–H and O–H groups in total. The van der Waals surface area contributed by atoms with Crippen molar-refractivity contribution in [3.05, 3.63) is 26.8 Å². The molecule has 0 aliphatic rings. The molecule has 0 aliphatic carbocycles. The number of rotatable bonds is 3. The molecule has 0 atom stereocenters. The van der Waals surface area contributed by atoms with Crippen LogP contribution in [0.5, 0.6) is 0 Å². The van der Waals surface area contributed by atoms with Crippen LogP contribution in [0.3, 0.4) is 0 Å². The van der Waals surface area contributed by atoms with E-state index in [1.165, 1.54) is 3.57 Å². The van der Waals surface area contributed by atoms with Crippen molar-refractivity contribution < 1.29 is 5.11 Å².